The van der Waals surface area contributed by atoms with Crippen molar-refractivity contribution < 1.29 is 14.0 Å². The van der Waals surface area contributed by atoms with E-state index in [0.717, 1.165) is 11.1 Å². The average molecular weight is 435 g/mol. The van der Waals surface area contributed by atoms with E-state index in [1.165, 1.54) is 29.2 Å². The van der Waals surface area contributed by atoms with Gasteiger partial charge in [0.25, 0.3) is 11.8 Å². The van der Waals surface area contributed by atoms with Crippen molar-refractivity contribution in [3.05, 3.63) is 106 Å². The number of nitrogens with one attached hydrogen (secondary N) is 1. The van der Waals surface area contributed by atoms with Crippen molar-refractivity contribution in [2.24, 2.45) is 0 Å². The Morgan fingerprint density at radius 3 is 2.32 bits per heavy atom. The van der Waals surface area contributed by atoms with Gasteiger partial charge in [-0.1, -0.05) is 60.1 Å². The monoisotopic (exact) mass is 434 g/mol. The summed E-state index contributed by atoms with van der Waals surface area (Å²) in [6.07, 6.45) is 0.540. The average Bonchev–Trinajstić information content (AvgIpc) is 3.00. The third kappa shape index (κ3) is 4.23. The Hall–Kier alpha value is -3.44. The number of rotatable bonds is 6. The highest BCUT2D eigenvalue weighted by molar-refractivity contribution is 6.36. The van der Waals surface area contributed by atoms with Crippen LogP contribution in [-0.2, 0) is 16.0 Å². The molecule has 1 heterocycles. The smallest absolute Gasteiger partial charge is 0.278 e. The lowest BCUT2D eigenvalue weighted by Gasteiger charge is -2.16. The van der Waals surface area contributed by atoms with Gasteiger partial charge in [0.05, 0.1) is 5.57 Å². The van der Waals surface area contributed by atoms with E-state index in [-0.39, 0.29) is 17.8 Å². The maximum absolute atomic E-state index is 13.5. The maximum atomic E-state index is 13.5. The van der Waals surface area contributed by atoms with Crippen LogP contribution in [0.4, 0.5) is 10.1 Å². The highest BCUT2D eigenvalue weighted by Crippen LogP contribution is 2.32. The predicted molar refractivity (Wildman–Crippen MR) is 120 cm³/mol. The number of hydrogen-bond donors (Lipinski definition) is 1. The van der Waals surface area contributed by atoms with Gasteiger partial charge in [0.1, 0.15) is 11.5 Å². The minimum absolute atomic E-state index is 0.162. The molecule has 0 spiro atoms. The second kappa shape index (κ2) is 8.74. The number of carbonyl (C=O) groups is 2. The predicted octanol–water partition coefficient (Wildman–Crippen LogP) is 5.22. The van der Waals surface area contributed by atoms with E-state index in [4.69, 9.17) is 11.6 Å². The number of imide groups is 1. The van der Waals surface area contributed by atoms with Crippen molar-refractivity contribution in [1.29, 1.82) is 0 Å². The van der Waals surface area contributed by atoms with E-state index in [2.05, 4.69) is 5.32 Å². The standard InChI is InChI=1S/C25H20ClFN2O2/c1-16-20(26)8-5-9-21(16)28-23-22(18-10-12-19(27)13-11-18)24(30)29(25(23)31)15-14-17-6-3-2-4-7-17/h2-13,28H,14-15H2,1H3. The molecule has 1 aliphatic heterocycles. The number of carbonyl (C=O) groups excluding carboxylic acids is 2. The molecule has 0 bridgehead atoms. The zero-order valence-electron chi connectivity index (χ0n) is 16.9. The van der Waals surface area contributed by atoms with Crippen molar-refractivity contribution in [2.75, 3.05) is 11.9 Å². The lowest BCUT2D eigenvalue weighted by Crippen LogP contribution is -2.34. The van der Waals surface area contributed by atoms with Crippen LogP contribution >= 0.6 is 11.6 Å². The van der Waals surface area contributed by atoms with Gasteiger partial charge in [-0.05, 0) is 54.3 Å². The molecule has 0 aromatic heterocycles. The van der Waals surface area contributed by atoms with Crippen LogP contribution in [0.15, 0.2) is 78.5 Å². The summed E-state index contributed by atoms with van der Waals surface area (Å²) < 4.78 is 13.5. The SMILES string of the molecule is Cc1c(Cl)cccc1NC1=C(c2ccc(F)cc2)C(=O)N(CCc2ccccc2)C1=O. The summed E-state index contributed by atoms with van der Waals surface area (Å²) >= 11 is 6.22. The normalized spacial score (nSPS) is 13.8. The first-order chi connectivity index (χ1) is 15.0. The fourth-order valence-electron chi connectivity index (χ4n) is 3.54. The molecule has 0 atom stereocenters. The third-order valence-corrected chi connectivity index (χ3v) is 5.70. The maximum Gasteiger partial charge on any atom is 0.278 e. The molecule has 6 heteroatoms. The molecule has 3 aromatic rings. The summed E-state index contributed by atoms with van der Waals surface area (Å²) in [6, 6.07) is 20.5. The highest BCUT2D eigenvalue weighted by atomic mass is 35.5. The molecule has 0 saturated heterocycles. The van der Waals surface area contributed by atoms with Crippen LogP contribution in [0.5, 0.6) is 0 Å². The second-order valence-electron chi connectivity index (χ2n) is 7.29. The molecule has 0 saturated carbocycles. The largest absolute Gasteiger partial charge is 0.350 e. The first-order valence-corrected chi connectivity index (χ1v) is 10.3. The summed E-state index contributed by atoms with van der Waals surface area (Å²) in [4.78, 5) is 27.8. The number of anilines is 1. The third-order valence-electron chi connectivity index (χ3n) is 5.30. The van der Waals surface area contributed by atoms with Crippen molar-refractivity contribution in [3.8, 4) is 0 Å². The van der Waals surface area contributed by atoms with Crippen LogP contribution in [0.1, 0.15) is 16.7 Å². The zero-order valence-corrected chi connectivity index (χ0v) is 17.6. The lowest BCUT2D eigenvalue weighted by molar-refractivity contribution is -0.136. The molecule has 0 unspecified atom stereocenters. The van der Waals surface area contributed by atoms with Gasteiger partial charge in [-0.25, -0.2) is 4.39 Å². The van der Waals surface area contributed by atoms with Crippen molar-refractivity contribution in [1.82, 2.24) is 4.90 Å². The Bertz CT molecular complexity index is 1170. The molecule has 4 nitrogen and oxygen atoms in total. The van der Waals surface area contributed by atoms with E-state index < -0.39 is 17.6 Å². The van der Waals surface area contributed by atoms with Gasteiger partial charge in [0, 0.05) is 17.3 Å². The minimum atomic E-state index is -0.417. The molecule has 31 heavy (non-hydrogen) atoms. The van der Waals surface area contributed by atoms with Crippen LogP contribution in [0.25, 0.3) is 5.57 Å². The summed E-state index contributed by atoms with van der Waals surface area (Å²) in [5.74, 6) is -1.24. The van der Waals surface area contributed by atoms with Gasteiger partial charge >= 0.3 is 0 Å². The van der Waals surface area contributed by atoms with Gasteiger partial charge in [-0.3, -0.25) is 14.5 Å². The molecule has 2 amide bonds. The quantitative estimate of drug-likeness (QED) is 0.541. The molecule has 156 valence electrons. The zero-order chi connectivity index (χ0) is 22.0. The highest BCUT2D eigenvalue weighted by Gasteiger charge is 2.39. The van der Waals surface area contributed by atoms with Gasteiger partial charge < -0.3 is 5.32 Å². The Labute approximate surface area is 185 Å². The number of hydrogen-bond acceptors (Lipinski definition) is 3. The molecule has 1 aliphatic rings. The van der Waals surface area contributed by atoms with Crippen LogP contribution in [0.3, 0.4) is 0 Å². The Kier molecular flexibility index (Phi) is 5.87. The summed E-state index contributed by atoms with van der Waals surface area (Å²) in [5, 5.41) is 3.66. The fourth-order valence-corrected chi connectivity index (χ4v) is 3.72. The molecular formula is C25H20ClFN2O2. The van der Waals surface area contributed by atoms with E-state index in [9.17, 15) is 14.0 Å². The molecule has 4 rings (SSSR count). The van der Waals surface area contributed by atoms with E-state index >= 15 is 0 Å². The van der Waals surface area contributed by atoms with E-state index in [0.29, 0.717) is 22.7 Å². The second-order valence-corrected chi connectivity index (χ2v) is 7.70. The Morgan fingerprint density at radius 1 is 0.903 bits per heavy atom. The van der Waals surface area contributed by atoms with Crippen molar-refractivity contribution >= 4 is 34.7 Å². The Morgan fingerprint density at radius 2 is 1.61 bits per heavy atom. The van der Waals surface area contributed by atoms with Crippen molar-refractivity contribution in [3.63, 3.8) is 0 Å². The van der Waals surface area contributed by atoms with Gasteiger partial charge in [-0.2, -0.15) is 0 Å². The first-order valence-electron chi connectivity index (χ1n) is 9.88. The van der Waals surface area contributed by atoms with E-state index in [1.807, 2.05) is 37.3 Å². The number of benzene rings is 3. The summed E-state index contributed by atoms with van der Waals surface area (Å²) in [6.45, 7) is 2.07. The number of amides is 2. The van der Waals surface area contributed by atoms with Crippen LogP contribution in [0.2, 0.25) is 5.02 Å². The topological polar surface area (TPSA) is 49.4 Å². The van der Waals surface area contributed by atoms with Gasteiger partial charge in [-0.15, -0.1) is 0 Å². The number of halogens is 2. The van der Waals surface area contributed by atoms with Crippen LogP contribution in [-0.4, -0.2) is 23.3 Å². The first kappa shape index (κ1) is 20.8. The molecule has 0 aliphatic carbocycles. The number of nitrogens with zero attached hydrogens (tertiary/aromatic N) is 1. The molecule has 0 fully saturated rings. The fraction of sp³-hybridized carbons (Fsp3) is 0.120. The minimum Gasteiger partial charge on any atom is -0.350 e. The van der Waals surface area contributed by atoms with Crippen LogP contribution < -0.4 is 5.32 Å². The molecule has 3 aromatic carbocycles. The van der Waals surface area contributed by atoms with Crippen LogP contribution in [0, 0.1) is 12.7 Å². The van der Waals surface area contributed by atoms with Gasteiger partial charge in [0.15, 0.2) is 0 Å². The van der Waals surface area contributed by atoms with Gasteiger partial charge in [0.2, 0.25) is 0 Å². The Balaban J connectivity index is 1.70. The molecule has 0 radical (unpaired) electrons. The van der Waals surface area contributed by atoms with Crippen molar-refractivity contribution in [2.45, 2.75) is 13.3 Å². The molecular weight excluding hydrogens is 415 g/mol. The summed E-state index contributed by atoms with van der Waals surface area (Å²) in [7, 11) is 0. The summed E-state index contributed by atoms with van der Waals surface area (Å²) in [5.41, 5.74) is 3.28. The van der Waals surface area contributed by atoms with E-state index in [1.54, 1.807) is 18.2 Å². The lowest BCUT2D eigenvalue weighted by atomic mass is 10.0. The molecule has 1 N–H and O–H groups in total.